The van der Waals surface area contributed by atoms with E-state index in [-0.39, 0.29) is 5.41 Å². The van der Waals surface area contributed by atoms with Crippen LogP contribution >= 0.6 is 0 Å². The minimum Gasteiger partial charge on any atom is -0.455 e. The molecule has 0 N–H and O–H groups in total. The van der Waals surface area contributed by atoms with Gasteiger partial charge >= 0.3 is 0 Å². The van der Waals surface area contributed by atoms with E-state index < -0.39 is 0 Å². The lowest BCUT2D eigenvalue weighted by molar-refractivity contribution is 0.669. The maximum Gasteiger partial charge on any atom is 0.167 e. The molecule has 0 fully saturated rings. The second-order valence-corrected chi connectivity index (χ2v) is 16.2. The zero-order valence-corrected chi connectivity index (χ0v) is 33.5. The molecular formula is C58H35N3O. The van der Waals surface area contributed by atoms with Crippen molar-refractivity contribution in [2.75, 3.05) is 0 Å². The number of rotatable bonds is 5. The Balaban J connectivity index is 0.948. The first-order chi connectivity index (χ1) is 30.7. The van der Waals surface area contributed by atoms with E-state index in [2.05, 4.69) is 152 Å². The zero-order valence-electron chi connectivity index (χ0n) is 33.5. The van der Waals surface area contributed by atoms with Crippen molar-refractivity contribution in [3.63, 3.8) is 0 Å². The van der Waals surface area contributed by atoms with Crippen LogP contribution in [0.25, 0.3) is 101 Å². The quantitative estimate of drug-likeness (QED) is 0.174. The topological polar surface area (TPSA) is 51.8 Å². The summed E-state index contributed by atoms with van der Waals surface area (Å²) in [6.45, 7) is 0. The first kappa shape index (κ1) is 34.6. The smallest absolute Gasteiger partial charge is 0.167 e. The van der Waals surface area contributed by atoms with E-state index in [0.29, 0.717) is 17.5 Å². The highest BCUT2D eigenvalue weighted by atomic mass is 16.3. The molecule has 0 atom stereocenters. The van der Waals surface area contributed by atoms with Crippen molar-refractivity contribution >= 4 is 21.9 Å². The molecule has 0 bridgehead atoms. The van der Waals surface area contributed by atoms with Crippen LogP contribution in [0.15, 0.2) is 217 Å². The van der Waals surface area contributed by atoms with Gasteiger partial charge in [0, 0.05) is 21.9 Å². The summed E-state index contributed by atoms with van der Waals surface area (Å²) in [7, 11) is 0. The third kappa shape index (κ3) is 4.98. The molecule has 288 valence electrons. The van der Waals surface area contributed by atoms with Gasteiger partial charge < -0.3 is 4.42 Å². The van der Waals surface area contributed by atoms with Gasteiger partial charge in [-0.3, -0.25) is 0 Å². The zero-order chi connectivity index (χ0) is 40.8. The fourth-order valence-corrected chi connectivity index (χ4v) is 10.4. The average molecular weight is 790 g/mol. The van der Waals surface area contributed by atoms with Gasteiger partial charge in [-0.25, -0.2) is 15.0 Å². The summed E-state index contributed by atoms with van der Waals surface area (Å²) in [6.07, 6.45) is 0. The average Bonchev–Trinajstić information content (AvgIpc) is 3.99. The molecule has 0 aliphatic heterocycles. The van der Waals surface area contributed by atoms with Gasteiger partial charge in [0.2, 0.25) is 0 Å². The highest BCUT2D eigenvalue weighted by Gasteiger charge is 2.51. The van der Waals surface area contributed by atoms with Crippen molar-refractivity contribution in [2.45, 2.75) is 5.41 Å². The lowest BCUT2D eigenvalue weighted by atomic mass is 9.70. The summed E-state index contributed by atoms with van der Waals surface area (Å²) >= 11 is 0. The Morgan fingerprint density at radius 3 is 1.53 bits per heavy atom. The summed E-state index contributed by atoms with van der Waals surface area (Å²) in [5.41, 5.74) is 19.0. The Labute approximate surface area is 358 Å². The van der Waals surface area contributed by atoms with Crippen LogP contribution in [-0.4, -0.2) is 15.0 Å². The lowest BCUT2D eigenvalue weighted by Crippen LogP contribution is -2.25. The van der Waals surface area contributed by atoms with E-state index in [4.69, 9.17) is 19.4 Å². The molecule has 13 rings (SSSR count). The van der Waals surface area contributed by atoms with Gasteiger partial charge in [-0.15, -0.1) is 0 Å². The Bertz CT molecular complexity index is 3560. The van der Waals surface area contributed by atoms with Crippen LogP contribution in [-0.2, 0) is 5.41 Å². The first-order valence-electron chi connectivity index (χ1n) is 21.1. The van der Waals surface area contributed by atoms with Gasteiger partial charge in [-0.2, -0.15) is 0 Å². The van der Waals surface area contributed by atoms with Crippen LogP contribution in [0.3, 0.4) is 0 Å². The summed E-state index contributed by atoms with van der Waals surface area (Å²) < 4.78 is 6.46. The van der Waals surface area contributed by atoms with Crippen molar-refractivity contribution in [2.24, 2.45) is 0 Å². The molecule has 11 aromatic rings. The van der Waals surface area contributed by atoms with E-state index in [1.165, 1.54) is 55.6 Å². The molecule has 0 saturated carbocycles. The largest absolute Gasteiger partial charge is 0.455 e. The second kappa shape index (κ2) is 13.4. The highest BCUT2D eigenvalue weighted by Crippen LogP contribution is 2.64. The summed E-state index contributed by atoms with van der Waals surface area (Å²) in [4.78, 5) is 15.3. The minimum absolute atomic E-state index is 0.390. The van der Waals surface area contributed by atoms with Crippen molar-refractivity contribution in [3.8, 4) is 78.7 Å². The second-order valence-electron chi connectivity index (χ2n) is 16.2. The van der Waals surface area contributed by atoms with Crippen molar-refractivity contribution in [1.82, 2.24) is 15.0 Å². The van der Waals surface area contributed by atoms with E-state index in [1.807, 2.05) is 60.7 Å². The fourth-order valence-electron chi connectivity index (χ4n) is 10.4. The third-order valence-electron chi connectivity index (χ3n) is 13.0. The van der Waals surface area contributed by atoms with Crippen molar-refractivity contribution < 1.29 is 4.42 Å². The maximum atomic E-state index is 6.46. The van der Waals surface area contributed by atoms with Crippen molar-refractivity contribution in [3.05, 3.63) is 235 Å². The standard InChI is InChI=1S/C58H35N3O/c1-2-16-36(17-3-1)55-59-56(61-57(60-55)47-28-14-27-45-44-24-7-11-33-52(44)62-54(45)47)40-21-13-19-38(35-40)37-18-12-20-39(34-37)41-26-15-32-51-53(41)46-25-6-10-31-50(46)58(51)48-29-8-4-22-42(48)43-23-5-9-30-49(43)58/h1-35H. The molecule has 62 heavy (non-hydrogen) atoms. The maximum absolute atomic E-state index is 6.46. The van der Waals surface area contributed by atoms with Gasteiger partial charge in [-0.1, -0.05) is 188 Å². The van der Waals surface area contributed by atoms with E-state index in [1.54, 1.807) is 0 Å². The molecule has 0 unspecified atom stereocenters. The van der Waals surface area contributed by atoms with E-state index >= 15 is 0 Å². The summed E-state index contributed by atoms with van der Waals surface area (Å²) in [5, 5.41) is 2.10. The molecule has 0 radical (unpaired) electrons. The van der Waals surface area contributed by atoms with Crippen molar-refractivity contribution in [1.29, 1.82) is 0 Å². The number of hydrogen-bond donors (Lipinski definition) is 0. The molecule has 0 saturated heterocycles. The summed E-state index contributed by atoms with van der Waals surface area (Å²) in [5.74, 6) is 1.77. The van der Waals surface area contributed by atoms with Gasteiger partial charge in [-0.05, 0) is 91.0 Å². The van der Waals surface area contributed by atoms with Crippen LogP contribution in [0.4, 0.5) is 0 Å². The van der Waals surface area contributed by atoms with Crippen LogP contribution in [0.1, 0.15) is 22.3 Å². The first-order valence-corrected chi connectivity index (χ1v) is 21.1. The Hall–Kier alpha value is -8.21. The number of furan rings is 1. The molecule has 2 aromatic heterocycles. The third-order valence-corrected chi connectivity index (χ3v) is 13.0. The van der Waals surface area contributed by atoms with Gasteiger partial charge in [0.05, 0.1) is 11.0 Å². The molecule has 2 aliphatic rings. The fraction of sp³-hybridized carbons (Fsp3) is 0.0172. The molecule has 0 amide bonds. The van der Waals surface area contributed by atoms with Crippen LogP contribution < -0.4 is 0 Å². The molecule has 1 spiro atoms. The van der Waals surface area contributed by atoms with E-state index in [9.17, 15) is 0 Å². The molecule has 9 aromatic carbocycles. The molecule has 2 heterocycles. The number of para-hydroxylation sites is 2. The van der Waals surface area contributed by atoms with E-state index in [0.717, 1.165) is 49.8 Å². The number of fused-ring (bicyclic) bond motifs is 13. The molecule has 4 heteroatoms. The van der Waals surface area contributed by atoms with Crippen LogP contribution in [0.5, 0.6) is 0 Å². The van der Waals surface area contributed by atoms with Gasteiger partial charge in [0.25, 0.3) is 0 Å². The van der Waals surface area contributed by atoms with Gasteiger partial charge in [0.1, 0.15) is 11.2 Å². The minimum atomic E-state index is -0.390. The number of nitrogens with zero attached hydrogens (tertiary/aromatic N) is 3. The Morgan fingerprint density at radius 2 is 0.774 bits per heavy atom. The predicted octanol–water partition coefficient (Wildman–Crippen LogP) is 14.4. The SMILES string of the molecule is c1ccc(-c2nc(-c3cccc(-c4cccc(-c5cccc6c5-c5ccccc5C65c6ccccc6-c6ccccc65)c4)c3)nc(-c3cccc4c3oc3ccccc34)n2)cc1. The Kier molecular flexibility index (Phi) is 7.49. The lowest BCUT2D eigenvalue weighted by Gasteiger charge is -2.30. The normalized spacial score (nSPS) is 13.0. The number of hydrogen-bond acceptors (Lipinski definition) is 4. The molecule has 4 nitrogen and oxygen atoms in total. The molecular weight excluding hydrogens is 755 g/mol. The van der Waals surface area contributed by atoms with Crippen LogP contribution in [0.2, 0.25) is 0 Å². The van der Waals surface area contributed by atoms with Gasteiger partial charge in [0.15, 0.2) is 17.5 Å². The molecule has 2 aliphatic carbocycles. The number of benzene rings is 9. The number of aromatic nitrogens is 3. The highest BCUT2D eigenvalue weighted by molar-refractivity contribution is 6.09. The summed E-state index contributed by atoms with van der Waals surface area (Å²) in [6, 6.07) is 75.8. The predicted molar refractivity (Wildman–Crippen MR) is 251 cm³/mol. The van der Waals surface area contributed by atoms with Crippen LogP contribution in [0, 0.1) is 0 Å². The Morgan fingerprint density at radius 1 is 0.306 bits per heavy atom. The monoisotopic (exact) mass is 789 g/mol.